The molecule has 0 heterocycles. The van der Waals surface area contributed by atoms with E-state index in [4.69, 9.17) is 4.74 Å². The number of nitro benzene ring substituents is 1. The summed E-state index contributed by atoms with van der Waals surface area (Å²) in [6.07, 6.45) is 5.80. The Balaban J connectivity index is 1.96. The van der Waals surface area contributed by atoms with Gasteiger partial charge in [-0.05, 0) is 43.5 Å². The van der Waals surface area contributed by atoms with Crippen LogP contribution in [0.2, 0.25) is 0 Å². The lowest BCUT2D eigenvalue weighted by Crippen LogP contribution is -2.53. The number of nitro groups is 1. The number of non-ortho nitro benzene ring substituents is 1. The Hall–Kier alpha value is -3.19. The molecule has 13 heteroatoms. The second-order valence-corrected chi connectivity index (χ2v) is 12.4. The van der Waals surface area contributed by atoms with Crippen molar-refractivity contribution in [2.24, 2.45) is 0 Å². The maximum absolute atomic E-state index is 13.8. The molecular weight excluding hydrogens is 592 g/mol. The summed E-state index contributed by atoms with van der Waals surface area (Å²) in [6, 6.07) is 9.85. The zero-order valence-electron chi connectivity index (χ0n) is 22.1. The lowest BCUT2D eigenvalue weighted by atomic mass is 9.95. The Morgan fingerprint density at radius 3 is 2.46 bits per heavy atom. The van der Waals surface area contributed by atoms with Crippen LogP contribution in [0.25, 0.3) is 0 Å². The highest BCUT2D eigenvalue weighted by Gasteiger charge is 2.32. The Bertz CT molecular complexity index is 1320. The van der Waals surface area contributed by atoms with Crippen LogP contribution in [-0.4, -0.2) is 62.0 Å². The van der Waals surface area contributed by atoms with Crippen LogP contribution < -0.4 is 14.4 Å². The van der Waals surface area contributed by atoms with Crippen molar-refractivity contribution in [2.75, 3.05) is 24.2 Å². The summed E-state index contributed by atoms with van der Waals surface area (Å²) in [5.74, 6) is -0.940. The largest absolute Gasteiger partial charge is 0.495 e. The first-order chi connectivity index (χ1) is 18.4. The van der Waals surface area contributed by atoms with Gasteiger partial charge >= 0.3 is 0 Å². The molecule has 0 spiro atoms. The van der Waals surface area contributed by atoms with Crippen LogP contribution in [0.4, 0.5) is 11.4 Å². The molecule has 0 aromatic heterocycles. The van der Waals surface area contributed by atoms with E-state index in [0.29, 0.717) is 0 Å². The van der Waals surface area contributed by atoms with E-state index in [2.05, 4.69) is 21.2 Å². The average molecular weight is 626 g/mol. The number of hydrogen-bond donors (Lipinski definition) is 1. The van der Waals surface area contributed by atoms with Gasteiger partial charge in [-0.3, -0.25) is 24.0 Å². The Kier molecular flexibility index (Phi) is 10.3. The fourth-order valence-electron chi connectivity index (χ4n) is 4.56. The number of halogens is 1. The van der Waals surface area contributed by atoms with Crippen LogP contribution in [0.15, 0.2) is 46.9 Å². The minimum absolute atomic E-state index is 0.0261. The fourth-order valence-corrected chi connectivity index (χ4v) is 5.86. The Morgan fingerprint density at radius 2 is 1.87 bits per heavy atom. The van der Waals surface area contributed by atoms with Gasteiger partial charge in [-0.2, -0.15) is 0 Å². The molecule has 11 nitrogen and oxygen atoms in total. The molecule has 0 radical (unpaired) electrons. The van der Waals surface area contributed by atoms with Crippen LogP contribution in [0.1, 0.15) is 44.6 Å². The van der Waals surface area contributed by atoms with Gasteiger partial charge in [0.25, 0.3) is 5.69 Å². The van der Waals surface area contributed by atoms with Gasteiger partial charge in [0, 0.05) is 29.2 Å². The molecule has 1 saturated carbocycles. The molecule has 2 amide bonds. The molecule has 1 aliphatic carbocycles. The number of carbonyl (C=O) groups excluding carboxylic acids is 2. The quantitative estimate of drug-likeness (QED) is 0.294. The van der Waals surface area contributed by atoms with Crippen LogP contribution >= 0.6 is 15.9 Å². The van der Waals surface area contributed by atoms with Gasteiger partial charge in [0.1, 0.15) is 24.0 Å². The fraction of sp³-hybridized carbons (Fsp3) is 0.462. The third kappa shape index (κ3) is 8.15. The summed E-state index contributed by atoms with van der Waals surface area (Å²) in [7, 11) is -2.80. The molecule has 1 N–H and O–H groups in total. The van der Waals surface area contributed by atoms with Crippen LogP contribution in [0.5, 0.6) is 5.75 Å². The second kappa shape index (κ2) is 13.2. The number of anilines is 1. The van der Waals surface area contributed by atoms with Crippen molar-refractivity contribution < 1.29 is 27.7 Å². The molecular formula is C26H33BrN4O7S. The lowest BCUT2D eigenvalue weighted by Gasteiger charge is -2.33. The van der Waals surface area contributed by atoms with E-state index in [-0.39, 0.29) is 35.6 Å². The number of nitrogens with zero attached hydrogens (tertiary/aromatic N) is 3. The summed E-state index contributed by atoms with van der Waals surface area (Å²) in [5, 5.41) is 14.4. The van der Waals surface area contributed by atoms with Crippen molar-refractivity contribution >= 4 is 49.1 Å². The summed E-state index contributed by atoms with van der Waals surface area (Å²) in [4.78, 5) is 39.1. The van der Waals surface area contributed by atoms with E-state index in [0.717, 1.165) is 58.8 Å². The molecule has 212 valence electrons. The second-order valence-electron chi connectivity index (χ2n) is 9.55. The summed E-state index contributed by atoms with van der Waals surface area (Å²) in [5.41, 5.74) is 0.219. The van der Waals surface area contributed by atoms with Gasteiger partial charge < -0.3 is 15.0 Å². The molecule has 1 fully saturated rings. The maximum Gasteiger partial charge on any atom is 0.271 e. The lowest BCUT2D eigenvalue weighted by molar-refractivity contribution is -0.384. The first kappa shape index (κ1) is 30.4. The number of rotatable bonds is 11. The monoisotopic (exact) mass is 624 g/mol. The highest BCUT2D eigenvalue weighted by molar-refractivity contribution is 9.10. The predicted octanol–water partition coefficient (Wildman–Crippen LogP) is 4.00. The third-order valence-corrected chi connectivity index (χ3v) is 8.30. The van der Waals surface area contributed by atoms with Crippen molar-refractivity contribution in [2.45, 2.75) is 57.7 Å². The third-order valence-electron chi connectivity index (χ3n) is 6.68. The SMILES string of the molecule is COc1ccc([N+](=O)[O-])cc1N(CC(=O)N(Cc1cccc(Br)c1)[C@H](C)C(=O)NC1CCCCC1)S(C)(=O)=O. The van der Waals surface area contributed by atoms with E-state index < -0.39 is 33.4 Å². The molecule has 0 saturated heterocycles. The van der Waals surface area contributed by atoms with Crippen LogP contribution in [0, 0.1) is 10.1 Å². The van der Waals surface area contributed by atoms with Gasteiger partial charge in [0.15, 0.2) is 0 Å². The van der Waals surface area contributed by atoms with E-state index in [1.807, 2.05) is 12.1 Å². The van der Waals surface area contributed by atoms with Crippen molar-refractivity contribution in [3.63, 3.8) is 0 Å². The number of amides is 2. The number of ether oxygens (including phenoxy) is 1. The maximum atomic E-state index is 13.8. The van der Waals surface area contributed by atoms with Crippen molar-refractivity contribution in [1.82, 2.24) is 10.2 Å². The van der Waals surface area contributed by atoms with E-state index in [9.17, 15) is 28.1 Å². The number of benzene rings is 2. The van der Waals surface area contributed by atoms with E-state index in [1.54, 1.807) is 19.1 Å². The smallest absolute Gasteiger partial charge is 0.271 e. The zero-order chi connectivity index (χ0) is 28.7. The summed E-state index contributed by atoms with van der Waals surface area (Å²) >= 11 is 3.41. The Labute approximate surface area is 236 Å². The van der Waals surface area contributed by atoms with Crippen LogP contribution in [-0.2, 0) is 26.2 Å². The normalized spacial score (nSPS) is 14.8. The number of carbonyl (C=O) groups is 2. The van der Waals surface area contributed by atoms with Gasteiger partial charge in [-0.15, -0.1) is 0 Å². The predicted molar refractivity (Wildman–Crippen MR) is 151 cm³/mol. The standard InChI is InChI=1S/C26H33BrN4O7S/c1-18(26(33)28-21-10-5-4-6-11-21)29(16-19-8-7-9-20(27)14-19)25(32)17-30(39(3,36)37)23-15-22(31(34)35)12-13-24(23)38-2/h7-9,12-15,18,21H,4-6,10-11,16-17H2,1-3H3,(H,28,33)/t18-/m1/s1. The number of sulfonamides is 1. The van der Waals surface area contributed by atoms with Crippen LogP contribution in [0.3, 0.4) is 0 Å². The topological polar surface area (TPSA) is 139 Å². The molecule has 1 atom stereocenters. The Morgan fingerprint density at radius 1 is 1.18 bits per heavy atom. The zero-order valence-corrected chi connectivity index (χ0v) is 24.5. The van der Waals surface area contributed by atoms with E-state index in [1.165, 1.54) is 24.1 Å². The first-order valence-corrected chi connectivity index (χ1v) is 15.2. The average Bonchev–Trinajstić information content (AvgIpc) is 2.89. The first-order valence-electron chi connectivity index (χ1n) is 12.5. The van der Waals surface area contributed by atoms with Gasteiger partial charge in [-0.25, -0.2) is 8.42 Å². The molecule has 2 aromatic carbocycles. The number of nitrogens with one attached hydrogen (secondary N) is 1. The molecule has 0 bridgehead atoms. The van der Waals surface area contributed by atoms with E-state index >= 15 is 0 Å². The molecule has 1 aliphatic rings. The van der Waals surface area contributed by atoms with Gasteiger partial charge in [0.2, 0.25) is 21.8 Å². The van der Waals surface area contributed by atoms with Gasteiger partial charge in [0.05, 0.1) is 18.3 Å². The molecule has 39 heavy (non-hydrogen) atoms. The number of hydrogen-bond acceptors (Lipinski definition) is 7. The highest BCUT2D eigenvalue weighted by atomic mass is 79.9. The molecule has 0 aliphatic heterocycles. The van der Waals surface area contributed by atoms with Crippen molar-refractivity contribution in [1.29, 1.82) is 0 Å². The minimum atomic E-state index is -4.09. The summed E-state index contributed by atoms with van der Waals surface area (Å²) in [6.45, 7) is 0.958. The minimum Gasteiger partial charge on any atom is -0.495 e. The number of methoxy groups -OCH3 is 1. The molecule has 2 aromatic rings. The molecule has 3 rings (SSSR count). The summed E-state index contributed by atoms with van der Waals surface area (Å²) < 4.78 is 32.5. The highest BCUT2D eigenvalue weighted by Crippen LogP contribution is 2.34. The van der Waals surface area contributed by atoms with Crippen molar-refractivity contribution in [3.8, 4) is 5.75 Å². The molecule has 0 unspecified atom stereocenters. The van der Waals surface area contributed by atoms with Crippen molar-refractivity contribution in [3.05, 3.63) is 62.6 Å². The van der Waals surface area contributed by atoms with Gasteiger partial charge in [-0.1, -0.05) is 47.3 Å².